The number of aromatic nitrogens is 4. The lowest BCUT2D eigenvalue weighted by Crippen LogP contribution is -2.24. The lowest BCUT2D eigenvalue weighted by atomic mass is 10.2. The third-order valence-corrected chi connectivity index (χ3v) is 2.05. The Morgan fingerprint density at radius 2 is 2.31 bits per heavy atom. The van der Waals surface area contributed by atoms with Gasteiger partial charge in [0, 0.05) is 18.3 Å². The SMILES string of the molecule is CC(C)C(=O)Nc1nc(=O)[nH]c2nccn12. The van der Waals surface area contributed by atoms with Crippen LogP contribution in [0.3, 0.4) is 0 Å². The standard InChI is InChI=1S/C9H11N5O2/c1-5(2)6(15)11-8-13-9(16)12-7-10-3-4-14(7)8/h3-5H,1-2H3,(H2,10,11,12,13,15,16). The van der Waals surface area contributed by atoms with Crippen LogP contribution in [0, 0.1) is 5.92 Å². The number of rotatable bonds is 2. The monoisotopic (exact) mass is 221 g/mol. The number of carbonyl (C=O) groups excluding carboxylic acids is 1. The highest BCUT2D eigenvalue weighted by molar-refractivity contribution is 5.90. The fourth-order valence-corrected chi connectivity index (χ4v) is 1.18. The van der Waals surface area contributed by atoms with Gasteiger partial charge in [-0.2, -0.15) is 4.98 Å². The number of imidazole rings is 1. The Morgan fingerprint density at radius 1 is 1.56 bits per heavy atom. The van der Waals surface area contributed by atoms with E-state index in [0.717, 1.165) is 0 Å². The first kappa shape index (κ1) is 10.3. The summed E-state index contributed by atoms with van der Waals surface area (Å²) in [4.78, 5) is 32.7. The van der Waals surface area contributed by atoms with E-state index in [0.29, 0.717) is 5.78 Å². The molecule has 7 nitrogen and oxygen atoms in total. The Bertz CT molecular complexity index is 583. The normalized spacial score (nSPS) is 10.9. The molecule has 2 rings (SSSR count). The van der Waals surface area contributed by atoms with Crippen molar-refractivity contribution < 1.29 is 4.79 Å². The molecule has 0 aliphatic heterocycles. The third kappa shape index (κ3) is 1.79. The third-order valence-electron chi connectivity index (χ3n) is 2.05. The van der Waals surface area contributed by atoms with E-state index in [1.54, 1.807) is 20.0 Å². The molecule has 0 atom stereocenters. The molecular formula is C9H11N5O2. The van der Waals surface area contributed by atoms with Crippen molar-refractivity contribution in [3.63, 3.8) is 0 Å². The second kappa shape index (κ2) is 3.76. The molecule has 0 bridgehead atoms. The highest BCUT2D eigenvalue weighted by Crippen LogP contribution is 2.04. The van der Waals surface area contributed by atoms with E-state index in [9.17, 15) is 9.59 Å². The smallest absolute Gasteiger partial charge is 0.295 e. The van der Waals surface area contributed by atoms with Gasteiger partial charge in [0.15, 0.2) is 0 Å². The van der Waals surface area contributed by atoms with Gasteiger partial charge >= 0.3 is 5.69 Å². The molecule has 2 N–H and O–H groups in total. The van der Waals surface area contributed by atoms with E-state index in [2.05, 4.69) is 20.3 Å². The summed E-state index contributed by atoms with van der Waals surface area (Å²) in [7, 11) is 0. The maximum atomic E-state index is 11.5. The van der Waals surface area contributed by atoms with E-state index < -0.39 is 5.69 Å². The largest absolute Gasteiger partial charge is 0.350 e. The predicted octanol–water partition coefficient (Wildman–Crippen LogP) is 0.0121. The van der Waals surface area contributed by atoms with Gasteiger partial charge in [-0.15, -0.1) is 0 Å². The van der Waals surface area contributed by atoms with Gasteiger partial charge in [0.2, 0.25) is 17.6 Å². The van der Waals surface area contributed by atoms with E-state index in [1.807, 2.05) is 0 Å². The zero-order valence-electron chi connectivity index (χ0n) is 8.89. The fraction of sp³-hybridized carbons (Fsp3) is 0.333. The molecule has 84 valence electrons. The van der Waals surface area contributed by atoms with Crippen molar-refractivity contribution in [2.75, 3.05) is 5.32 Å². The quantitative estimate of drug-likeness (QED) is 0.747. The number of nitrogens with one attached hydrogen (secondary N) is 2. The zero-order valence-corrected chi connectivity index (χ0v) is 8.89. The molecule has 0 spiro atoms. The first-order chi connectivity index (χ1) is 7.58. The molecule has 2 aromatic heterocycles. The number of anilines is 1. The molecule has 2 heterocycles. The van der Waals surface area contributed by atoms with E-state index in [4.69, 9.17) is 0 Å². The molecule has 0 unspecified atom stereocenters. The van der Waals surface area contributed by atoms with Crippen molar-refractivity contribution in [1.82, 2.24) is 19.4 Å². The second-order valence-corrected chi connectivity index (χ2v) is 3.63. The maximum Gasteiger partial charge on any atom is 0.350 e. The minimum absolute atomic E-state index is 0.176. The van der Waals surface area contributed by atoms with Gasteiger partial charge in [0.25, 0.3) is 0 Å². The van der Waals surface area contributed by atoms with E-state index >= 15 is 0 Å². The van der Waals surface area contributed by atoms with E-state index in [-0.39, 0.29) is 17.8 Å². The number of aromatic amines is 1. The average Bonchev–Trinajstić information content (AvgIpc) is 2.65. The molecule has 1 amide bonds. The first-order valence-electron chi connectivity index (χ1n) is 4.82. The van der Waals surface area contributed by atoms with Crippen LogP contribution in [0.4, 0.5) is 5.95 Å². The molecule has 7 heteroatoms. The second-order valence-electron chi connectivity index (χ2n) is 3.63. The van der Waals surface area contributed by atoms with Gasteiger partial charge < -0.3 is 0 Å². The summed E-state index contributed by atoms with van der Waals surface area (Å²) < 4.78 is 1.50. The van der Waals surface area contributed by atoms with Crippen molar-refractivity contribution in [1.29, 1.82) is 0 Å². The van der Waals surface area contributed by atoms with Gasteiger partial charge in [0.1, 0.15) is 0 Å². The van der Waals surface area contributed by atoms with E-state index in [1.165, 1.54) is 10.6 Å². The summed E-state index contributed by atoms with van der Waals surface area (Å²) in [5.41, 5.74) is -0.544. The summed E-state index contributed by atoms with van der Waals surface area (Å²) in [6, 6.07) is 0. The lowest BCUT2D eigenvalue weighted by molar-refractivity contribution is -0.118. The average molecular weight is 221 g/mol. The number of nitrogens with zero attached hydrogens (tertiary/aromatic N) is 3. The summed E-state index contributed by atoms with van der Waals surface area (Å²) >= 11 is 0. The topological polar surface area (TPSA) is 92.1 Å². The highest BCUT2D eigenvalue weighted by Gasteiger charge is 2.11. The van der Waals surface area contributed by atoms with Crippen LogP contribution in [0.5, 0.6) is 0 Å². The Labute approximate surface area is 90.5 Å². The molecule has 0 saturated heterocycles. The fourth-order valence-electron chi connectivity index (χ4n) is 1.18. The molecule has 16 heavy (non-hydrogen) atoms. The minimum atomic E-state index is -0.544. The van der Waals surface area contributed by atoms with Crippen LogP contribution >= 0.6 is 0 Å². The number of amides is 1. The summed E-state index contributed by atoms with van der Waals surface area (Å²) in [5.74, 6) is 0.141. The summed E-state index contributed by atoms with van der Waals surface area (Å²) in [6.45, 7) is 3.52. The Balaban J connectivity index is 2.47. The van der Waals surface area contributed by atoms with Crippen LogP contribution in [0.15, 0.2) is 17.2 Å². The van der Waals surface area contributed by atoms with Crippen molar-refractivity contribution in [3.8, 4) is 0 Å². The van der Waals surface area contributed by atoms with Crippen LogP contribution in [0.1, 0.15) is 13.8 Å². The van der Waals surface area contributed by atoms with Crippen LogP contribution in [0.25, 0.3) is 5.78 Å². The molecule has 0 fully saturated rings. The minimum Gasteiger partial charge on any atom is -0.295 e. The van der Waals surface area contributed by atoms with Crippen LogP contribution in [0.2, 0.25) is 0 Å². The van der Waals surface area contributed by atoms with Gasteiger partial charge in [0.05, 0.1) is 0 Å². The predicted molar refractivity (Wildman–Crippen MR) is 57.1 cm³/mol. The van der Waals surface area contributed by atoms with Gasteiger partial charge in [-0.25, -0.2) is 9.78 Å². The molecule has 0 saturated carbocycles. The molecule has 2 aromatic rings. The number of H-pyrrole nitrogens is 1. The number of fused-ring (bicyclic) bond motifs is 1. The Kier molecular flexibility index (Phi) is 2.43. The number of carbonyl (C=O) groups is 1. The van der Waals surface area contributed by atoms with Crippen molar-refractivity contribution in [2.45, 2.75) is 13.8 Å². The van der Waals surface area contributed by atoms with Crippen LogP contribution in [-0.4, -0.2) is 25.3 Å². The Hall–Kier alpha value is -2.18. The van der Waals surface area contributed by atoms with Crippen molar-refractivity contribution >= 4 is 17.6 Å². The molecule has 0 aliphatic rings. The molecule has 0 radical (unpaired) electrons. The molecular weight excluding hydrogens is 210 g/mol. The molecule has 0 aromatic carbocycles. The molecule has 0 aliphatic carbocycles. The number of hydrogen-bond acceptors (Lipinski definition) is 4. The van der Waals surface area contributed by atoms with Gasteiger partial charge in [-0.1, -0.05) is 13.8 Å². The van der Waals surface area contributed by atoms with Gasteiger partial charge in [-0.3, -0.25) is 19.5 Å². The zero-order chi connectivity index (χ0) is 11.7. The summed E-state index contributed by atoms with van der Waals surface area (Å²) in [5, 5.41) is 2.56. The Morgan fingerprint density at radius 3 is 3.00 bits per heavy atom. The maximum absolute atomic E-state index is 11.5. The first-order valence-corrected chi connectivity index (χ1v) is 4.82. The van der Waals surface area contributed by atoms with Crippen LogP contribution < -0.4 is 11.0 Å². The highest BCUT2D eigenvalue weighted by atomic mass is 16.2. The van der Waals surface area contributed by atoms with Crippen LogP contribution in [-0.2, 0) is 4.79 Å². The van der Waals surface area contributed by atoms with Gasteiger partial charge in [-0.05, 0) is 0 Å². The van der Waals surface area contributed by atoms with Crippen molar-refractivity contribution in [2.24, 2.45) is 5.92 Å². The van der Waals surface area contributed by atoms with Crippen molar-refractivity contribution in [3.05, 3.63) is 22.9 Å². The summed E-state index contributed by atoms with van der Waals surface area (Å²) in [6.07, 6.45) is 3.12. The lowest BCUT2D eigenvalue weighted by Gasteiger charge is -2.07. The number of hydrogen-bond donors (Lipinski definition) is 2.